The number of carboxylic acids is 1. The van der Waals surface area contributed by atoms with Gasteiger partial charge < -0.3 is 15.2 Å². The molecule has 0 aliphatic carbocycles. The first kappa shape index (κ1) is 19.7. The highest BCUT2D eigenvalue weighted by Crippen LogP contribution is 2.25. The van der Waals surface area contributed by atoms with Crippen LogP contribution in [0.25, 0.3) is 0 Å². The molecule has 0 saturated carbocycles. The highest BCUT2D eigenvalue weighted by atomic mass is 35.5. The van der Waals surface area contributed by atoms with E-state index in [1.165, 1.54) is 7.11 Å². The highest BCUT2D eigenvalue weighted by Gasteiger charge is 2.21. The predicted octanol–water partition coefficient (Wildman–Crippen LogP) is 2.98. The van der Waals surface area contributed by atoms with Gasteiger partial charge in [-0.3, -0.25) is 4.79 Å². The monoisotopic (exact) mass is 383 g/mol. The first-order chi connectivity index (χ1) is 12.3. The van der Waals surface area contributed by atoms with Crippen LogP contribution in [0.2, 0.25) is 5.02 Å². The number of methoxy groups -OCH3 is 1. The average molecular weight is 384 g/mol. The Labute approximate surface area is 153 Å². The molecular weight excluding hydrogens is 368 g/mol. The maximum Gasteiger partial charge on any atom is 0.326 e. The molecular formula is C18H16ClF2NO4. The van der Waals surface area contributed by atoms with E-state index in [9.17, 15) is 23.5 Å². The zero-order valence-electron chi connectivity index (χ0n) is 13.8. The predicted molar refractivity (Wildman–Crippen MR) is 91.3 cm³/mol. The maximum atomic E-state index is 13.2. The fourth-order valence-electron chi connectivity index (χ4n) is 2.42. The minimum Gasteiger partial charge on any atom is -0.495 e. The van der Waals surface area contributed by atoms with Gasteiger partial charge in [-0.25, -0.2) is 13.6 Å². The number of rotatable bonds is 7. The Kier molecular flexibility index (Phi) is 6.52. The molecule has 0 aliphatic rings. The van der Waals surface area contributed by atoms with Gasteiger partial charge >= 0.3 is 5.97 Å². The number of nitrogens with one attached hydrogen (secondary N) is 1. The van der Waals surface area contributed by atoms with Crippen molar-refractivity contribution in [1.29, 1.82) is 0 Å². The van der Waals surface area contributed by atoms with Gasteiger partial charge in [0.25, 0.3) is 0 Å². The lowest BCUT2D eigenvalue weighted by Gasteiger charge is -2.15. The third kappa shape index (κ3) is 5.42. The van der Waals surface area contributed by atoms with Crippen LogP contribution in [0.5, 0.6) is 5.75 Å². The molecule has 0 radical (unpaired) electrons. The second-order valence-corrected chi connectivity index (χ2v) is 5.99. The first-order valence-electron chi connectivity index (χ1n) is 7.58. The zero-order chi connectivity index (χ0) is 19.3. The Bertz CT molecular complexity index is 809. The summed E-state index contributed by atoms with van der Waals surface area (Å²) < 4.78 is 31.4. The third-order valence-electron chi connectivity index (χ3n) is 3.58. The second-order valence-electron chi connectivity index (χ2n) is 5.59. The number of carbonyl (C=O) groups is 2. The van der Waals surface area contributed by atoms with Gasteiger partial charge in [-0.05, 0) is 35.4 Å². The summed E-state index contributed by atoms with van der Waals surface area (Å²) >= 11 is 6.00. The molecule has 2 N–H and O–H groups in total. The Balaban J connectivity index is 2.06. The number of ether oxygens (including phenoxy) is 1. The molecule has 26 heavy (non-hydrogen) atoms. The van der Waals surface area contributed by atoms with E-state index in [0.717, 1.165) is 12.1 Å². The van der Waals surface area contributed by atoms with Crippen LogP contribution in [-0.2, 0) is 22.4 Å². The number of hydrogen-bond donors (Lipinski definition) is 2. The Hall–Kier alpha value is -2.67. The van der Waals surface area contributed by atoms with Crippen molar-refractivity contribution in [3.05, 3.63) is 64.2 Å². The lowest BCUT2D eigenvalue weighted by molar-refractivity contribution is -0.141. The van der Waals surface area contributed by atoms with Crippen molar-refractivity contribution in [2.45, 2.75) is 18.9 Å². The van der Waals surface area contributed by atoms with E-state index in [1.807, 2.05) is 0 Å². The molecule has 0 aliphatic heterocycles. The van der Waals surface area contributed by atoms with Crippen LogP contribution < -0.4 is 10.1 Å². The van der Waals surface area contributed by atoms with Gasteiger partial charge in [0.2, 0.25) is 5.91 Å². The number of aliphatic carboxylic acids is 1. The third-order valence-corrected chi connectivity index (χ3v) is 3.87. The second kappa shape index (κ2) is 8.62. The summed E-state index contributed by atoms with van der Waals surface area (Å²) in [6.45, 7) is 0. The molecule has 5 nitrogen and oxygen atoms in total. The molecule has 138 valence electrons. The molecule has 1 amide bonds. The van der Waals surface area contributed by atoms with Crippen LogP contribution >= 0.6 is 11.6 Å². The summed E-state index contributed by atoms with van der Waals surface area (Å²) in [5.74, 6) is -3.08. The summed E-state index contributed by atoms with van der Waals surface area (Å²) in [4.78, 5) is 23.5. The van der Waals surface area contributed by atoms with Gasteiger partial charge in [0.05, 0.1) is 18.6 Å². The summed E-state index contributed by atoms with van der Waals surface area (Å²) in [7, 11) is 1.45. The van der Waals surface area contributed by atoms with Crippen molar-refractivity contribution >= 4 is 23.5 Å². The Morgan fingerprint density at radius 3 is 2.35 bits per heavy atom. The van der Waals surface area contributed by atoms with Gasteiger partial charge in [0, 0.05) is 12.5 Å². The molecule has 1 atom stereocenters. The van der Waals surface area contributed by atoms with Gasteiger partial charge in [-0.15, -0.1) is 0 Å². The van der Waals surface area contributed by atoms with E-state index >= 15 is 0 Å². The van der Waals surface area contributed by atoms with Crippen LogP contribution in [0.3, 0.4) is 0 Å². The van der Waals surface area contributed by atoms with E-state index in [-0.39, 0.29) is 18.4 Å². The molecule has 0 unspecified atom stereocenters. The highest BCUT2D eigenvalue weighted by molar-refractivity contribution is 6.32. The van der Waals surface area contributed by atoms with Crippen LogP contribution in [-0.4, -0.2) is 30.1 Å². The van der Waals surface area contributed by atoms with Crippen LogP contribution in [0.4, 0.5) is 8.78 Å². The molecule has 0 fully saturated rings. The fraction of sp³-hybridized carbons (Fsp3) is 0.222. The van der Waals surface area contributed by atoms with Gasteiger partial charge in [0.1, 0.15) is 23.4 Å². The quantitative estimate of drug-likeness (QED) is 0.770. The molecule has 2 aromatic carbocycles. The van der Waals surface area contributed by atoms with E-state index in [2.05, 4.69) is 5.32 Å². The topological polar surface area (TPSA) is 75.6 Å². The van der Waals surface area contributed by atoms with Crippen molar-refractivity contribution in [1.82, 2.24) is 5.32 Å². The molecule has 0 bridgehead atoms. The first-order valence-corrected chi connectivity index (χ1v) is 7.96. The SMILES string of the molecule is COc1ccc(C[C@@H](NC(=O)Cc2cc(F)cc(F)c2)C(=O)O)cc1Cl. The minimum atomic E-state index is -1.24. The lowest BCUT2D eigenvalue weighted by Crippen LogP contribution is -2.43. The van der Waals surface area contributed by atoms with Crippen molar-refractivity contribution in [3.8, 4) is 5.75 Å². The van der Waals surface area contributed by atoms with Crippen molar-refractivity contribution < 1.29 is 28.2 Å². The number of halogens is 3. The molecule has 0 spiro atoms. The number of hydrogen-bond acceptors (Lipinski definition) is 3. The molecule has 2 rings (SSSR count). The summed E-state index contributed by atoms with van der Waals surface area (Å²) in [5, 5.41) is 12.0. The van der Waals surface area contributed by atoms with Gasteiger partial charge in [0.15, 0.2) is 0 Å². The molecule has 0 saturated heterocycles. The number of carboxylic acid groups (broad SMARTS) is 1. The number of amides is 1. The smallest absolute Gasteiger partial charge is 0.326 e. The summed E-state index contributed by atoms with van der Waals surface area (Å²) in [5.41, 5.74) is 0.692. The molecule has 0 aromatic heterocycles. The molecule has 2 aromatic rings. The van der Waals surface area contributed by atoms with Crippen LogP contribution in [0.15, 0.2) is 36.4 Å². The fourth-order valence-corrected chi connectivity index (χ4v) is 2.70. The summed E-state index contributed by atoms with van der Waals surface area (Å²) in [6, 6.07) is 6.27. The maximum absolute atomic E-state index is 13.2. The van der Waals surface area contributed by atoms with E-state index < -0.39 is 29.6 Å². The Morgan fingerprint density at radius 2 is 1.81 bits per heavy atom. The van der Waals surface area contributed by atoms with Gasteiger partial charge in [-0.1, -0.05) is 17.7 Å². The van der Waals surface area contributed by atoms with Crippen LogP contribution in [0.1, 0.15) is 11.1 Å². The van der Waals surface area contributed by atoms with Gasteiger partial charge in [-0.2, -0.15) is 0 Å². The van der Waals surface area contributed by atoms with Crippen molar-refractivity contribution in [2.75, 3.05) is 7.11 Å². The summed E-state index contributed by atoms with van der Waals surface area (Å²) in [6.07, 6.45) is -0.357. The van der Waals surface area contributed by atoms with E-state index in [1.54, 1.807) is 18.2 Å². The largest absolute Gasteiger partial charge is 0.495 e. The standard InChI is InChI=1S/C18H16ClF2NO4/c1-26-16-3-2-10(6-14(16)19)7-15(18(24)25)22-17(23)8-11-4-12(20)9-13(21)5-11/h2-6,9,15H,7-8H2,1H3,(H,22,23)(H,24,25)/t15-/m1/s1. The Morgan fingerprint density at radius 1 is 1.15 bits per heavy atom. The lowest BCUT2D eigenvalue weighted by atomic mass is 10.0. The average Bonchev–Trinajstić information content (AvgIpc) is 2.53. The zero-order valence-corrected chi connectivity index (χ0v) is 14.5. The normalized spacial score (nSPS) is 11.7. The number of benzene rings is 2. The molecule has 0 heterocycles. The molecule has 8 heteroatoms. The number of carbonyl (C=O) groups excluding carboxylic acids is 1. The van der Waals surface area contributed by atoms with E-state index in [4.69, 9.17) is 16.3 Å². The van der Waals surface area contributed by atoms with Crippen LogP contribution in [0, 0.1) is 11.6 Å². The van der Waals surface area contributed by atoms with Crippen molar-refractivity contribution in [3.63, 3.8) is 0 Å². The van der Waals surface area contributed by atoms with Crippen molar-refractivity contribution in [2.24, 2.45) is 0 Å². The minimum absolute atomic E-state index is 0.0116. The van der Waals surface area contributed by atoms with E-state index in [0.29, 0.717) is 22.4 Å².